The molecule has 0 saturated carbocycles. The molecule has 0 aromatic heterocycles. The molecular formula is C15H18N2O4. The summed E-state index contributed by atoms with van der Waals surface area (Å²) in [5.74, 6) is -1.22. The van der Waals surface area contributed by atoms with E-state index in [0.717, 1.165) is 30.6 Å². The lowest BCUT2D eigenvalue weighted by molar-refractivity contribution is -0.147. The standard InChI is InChI=1S/C15H18N2O4/c18-14(17-6-7-21-9-13(17)15(19)20)12-3-1-2-10-8-16-5-4-11(10)12/h1-3,13,16H,4-9H2,(H,19,20). The second kappa shape index (κ2) is 5.83. The Labute approximate surface area is 122 Å². The molecule has 112 valence electrons. The van der Waals surface area contributed by atoms with Crippen LogP contribution in [0.2, 0.25) is 0 Å². The zero-order valence-electron chi connectivity index (χ0n) is 11.7. The monoisotopic (exact) mass is 290 g/mol. The molecule has 1 aromatic carbocycles. The van der Waals surface area contributed by atoms with Gasteiger partial charge in [-0.1, -0.05) is 12.1 Å². The third kappa shape index (κ3) is 2.64. The van der Waals surface area contributed by atoms with Crippen molar-refractivity contribution in [2.75, 3.05) is 26.3 Å². The Morgan fingerprint density at radius 3 is 3.05 bits per heavy atom. The predicted octanol–water partition coefficient (Wildman–Crippen LogP) is 0.258. The average Bonchev–Trinajstić information content (AvgIpc) is 2.53. The highest BCUT2D eigenvalue weighted by Gasteiger charge is 2.34. The number of carboxylic acids is 1. The van der Waals surface area contributed by atoms with Crippen LogP contribution in [0.1, 0.15) is 21.5 Å². The molecule has 1 amide bonds. The summed E-state index contributed by atoms with van der Waals surface area (Å²) >= 11 is 0. The Morgan fingerprint density at radius 2 is 2.24 bits per heavy atom. The molecule has 0 bridgehead atoms. The lowest BCUT2D eigenvalue weighted by Gasteiger charge is -2.33. The molecule has 1 unspecified atom stereocenters. The van der Waals surface area contributed by atoms with Crippen LogP contribution in [-0.2, 0) is 22.5 Å². The third-order valence-electron chi connectivity index (χ3n) is 4.05. The van der Waals surface area contributed by atoms with E-state index in [1.165, 1.54) is 4.90 Å². The van der Waals surface area contributed by atoms with Crippen LogP contribution in [0.5, 0.6) is 0 Å². The molecule has 0 spiro atoms. The van der Waals surface area contributed by atoms with E-state index in [0.29, 0.717) is 18.7 Å². The molecule has 2 N–H and O–H groups in total. The van der Waals surface area contributed by atoms with Gasteiger partial charge in [-0.25, -0.2) is 4.79 Å². The van der Waals surface area contributed by atoms with Gasteiger partial charge in [0, 0.05) is 18.7 Å². The maximum absolute atomic E-state index is 12.8. The lowest BCUT2D eigenvalue weighted by Crippen LogP contribution is -2.52. The van der Waals surface area contributed by atoms with E-state index < -0.39 is 12.0 Å². The number of morpholine rings is 1. The molecule has 0 aliphatic carbocycles. The molecule has 2 aliphatic rings. The number of carbonyl (C=O) groups is 2. The minimum Gasteiger partial charge on any atom is -0.480 e. The number of nitrogens with one attached hydrogen (secondary N) is 1. The first-order valence-corrected chi connectivity index (χ1v) is 7.11. The van der Waals surface area contributed by atoms with Crippen LogP contribution in [0.25, 0.3) is 0 Å². The van der Waals surface area contributed by atoms with E-state index in [2.05, 4.69) is 5.32 Å². The molecular weight excluding hydrogens is 272 g/mol. The van der Waals surface area contributed by atoms with Crippen LogP contribution in [0.4, 0.5) is 0 Å². The van der Waals surface area contributed by atoms with Gasteiger partial charge in [0.25, 0.3) is 5.91 Å². The number of hydrogen-bond acceptors (Lipinski definition) is 4. The number of nitrogens with zero attached hydrogens (tertiary/aromatic N) is 1. The van der Waals surface area contributed by atoms with Crippen molar-refractivity contribution < 1.29 is 19.4 Å². The van der Waals surface area contributed by atoms with Crippen molar-refractivity contribution in [3.8, 4) is 0 Å². The summed E-state index contributed by atoms with van der Waals surface area (Å²) in [6, 6.07) is 4.76. The van der Waals surface area contributed by atoms with Crippen molar-refractivity contribution >= 4 is 11.9 Å². The largest absolute Gasteiger partial charge is 0.480 e. The molecule has 1 aromatic rings. The van der Waals surface area contributed by atoms with Crippen LogP contribution in [0, 0.1) is 0 Å². The quantitative estimate of drug-likeness (QED) is 0.817. The summed E-state index contributed by atoms with van der Waals surface area (Å²) in [5, 5.41) is 12.5. The van der Waals surface area contributed by atoms with E-state index in [4.69, 9.17) is 4.74 Å². The Morgan fingerprint density at radius 1 is 1.38 bits per heavy atom. The van der Waals surface area contributed by atoms with Gasteiger partial charge >= 0.3 is 5.97 Å². The SMILES string of the molecule is O=C(O)C1COCCN1C(=O)c1cccc2c1CCNC2. The van der Waals surface area contributed by atoms with Gasteiger partial charge in [-0.15, -0.1) is 0 Å². The summed E-state index contributed by atoms with van der Waals surface area (Å²) < 4.78 is 5.19. The predicted molar refractivity (Wildman–Crippen MR) is 75.1 cm³/mol. The van der Waals surface area contributed by atoms with Crippen LogP contribution >= 0.6 is 0 Å². The van der Waals surface area contributed by atoms with Crippen LogP contribution < -0.4 is 5.32 Å². The van der Waals surface area contributed by atoms with Gasteiger partial charge in [-0.2, -0.15) is 0 Å². The first-order valence-electron chi connectivity index (χ1n) is 7.11. The number of benzene rings is 1. The minimum atomic E-state index is -1.02. The average molecular weight is 290 g/mol. The zero-order chi connectivity index (χ0) is 14.8. The second-order valence-electron chi connectivity index (χ2n) is 5.30. The van der Waals surface area contributed by atoms with E-state index in [1.807, 2.05) is 12.1 Å². The van der Waals surface area contributed by atoms with Gasteiger partial charge in [0.2, 0.25) is 0 Å². The summed E-state index contributed by atoms with van der Waals surface area (Å²) in [4.78, 5) is 25.5. The van der Waals surface area contributed by atoms with Crippen molar-refractivity contribution in [3.63, 3.8) is 0 Å². The number of ether oxygens (including phenoxy) is 1. The highest BCUT2D eigenvalue weighted by Crippen LogP contribution is 2.22. The maximum Gasteiger partial charge on any atom is 0.328 e. The maximum atomic E-state index is 12.8. The Kier molecular flexibility index (Phi) is 3.90. The van der Waals surface area contributed by atoms with Gasteiger partial charge in [-0.3, -0.25) is 4.79 Å². The second-order valence-corrected chi connectivity index (χ2v) is 5.30. The molecule has 1 saturated heterocycles. The van der Waals surface area contributed by atoms with Gasteiger partial charge in [0.1, 0.15) is 0 Å². The van der Waals surface area contributed by atoms with Crippen molar-refractivity contribution in [1.82, 2.24) is 10.2 Å². The van der Waals surface area contributed by atoms with E-state index in [1.54, 1.807) is 6.07 Å². The van der Waals surface area contributed by atoms with Gasteiger partial charge in [-0.05, 0) is 30.2 Å². The number of carboxylic acid groups (broad SMARTS) is 1. The minimum absolute atomic E-state index is 0.0532. The number of rotatable bonds is 2. The van der Waals surface area contributed by atoms with E-state index >= 15 is 0 Å². The number of fused-ring (bicyclic) bond motifs is 1. The Hall–Kier alpha value is -1.92. The molecule has 0 radical (unpaired) electrons. The number of amides is 1. The molecule has 1 fully saturated rings. The van der Waals surface area contributed by atoms with Crippen LogP contribution in [0.3, 0.4) is 0 Å². The highest BCUT2D eigenvalue weighted by molar-refractivity contribution is 5.98. The number of carbonyl (C=O) groups excluding carboxylic acids is 1. The van der Waals surface area contributed by atoms with Gasteiger partial charge < -0.3 is 20.1 Å². The normalized spacial score (nSPS) is 21.7. The smallest absolute Gasteiger partial charge is 0.328 e. The first kappa shape index (κ1) is 14.0. The molecule has 6 heteroatoms. The number of aliphatic carboxylic acids is 1. The fourth-order valence-corrected chi connectivity index (χ4v) is 2.94. The Balaban J connectivity index is 1.92. The van der Waals surface area contributed by atoms with Crippen molar-refractivity contribution in [1.29, 1.82) is 0 Å². The first-order chi connectivity index (χ1) is 10.2. The van der Waals surface area contributed by atoms with Crippen molar-refractivity contribution in [2.45, 2.75) is 19.0 Å². The van der Waals surface area contributed by atoms with Gasteiger partial charge in [0.15, 0.2) is 6.04 Å². The van der Waals surface area contributed by atoms with Crippen molar-refractivity contribution in [2.24, 2.45) is 0 Å². The zero-order valence-corrected chi connectivity index (χ0v) is 11.7. The molecule has 1 atom stereocenters. The fraction of sp³-hybridized carbons (Fsp3) is 0.467. The van der Waals surface area contributed by atoms with Gasteiger partial charge in [0.05, 0.1) is 13.2 Å². The third-order valence-corrected chi connectivity index (χ3v) is 4.05. The summed E-state index contributed by atoms with van der Waals surface area (Å²) in [6.07, 6.45) is 0.791. The molecule has 2 aliphatic heterocycles. The fourth-order valence-electron chi connectivity index (χ4n) is 2.94. The van der Waals surface area contributed by atoms with E-state index in [-0.39, 0.29) is 12.5 Å². The summed E-state index contributed by atoms with van der Waals surface area (Å²) in [6.45, 7) is 2.34. The van der Waals surface area contributed by atoms with E-state index in [9.17, 15) is 14.7 Å². The summed E-state index contributed by atoms with van der Waals surface area (Å²) in [5.41, 5.74) is 2.78. The molecule has 2 heterocycles. The summed E-state index contributed by atoms with van der Waals surface area (Å²) in [7, 11) is 0. The lowest BCUT2D eigenvalue weighted by atomic mass is 9.94. The highest BCUT2D eigenvalue weighted by atomic mass is 16.5. The van der Waals surface area contributed by atoms with Crippen LogP contribution in [0.15, 0.2) is 18.2 Å². The molecule has 3 rings (SSSR count). The number of hydrogen-bond donors (Lipinski definition) is 2. The van der Waals surface area contributed by atoms with Crippen LogP contribution in [-0.4, -0.2) is 54.2 Å². The molecule has 21 heavy (non-hydrogen) atoms. The van der Waals surface area contributed by atoms with Crippen molar-refractivity contribution in [3.05, 3.63) is 34.9 Å². The topological polar surface area (TPSA) is 78.9 Å². The Bertz CT molecular complexity index is 573. The molecule has 6 nitrogen and oxygen atoms in total.